The number of halogens is 1. The van der Waals surface area contributed by atoms with E-state index >= 15 is 0 Å². The van der Waals surface area contributed by atoms with Gasteiger partial charge in [-0.05, 0) is 47.9 Å². The molecular weight excluding hydrogens is 409 g/mol. The maximum atomic E-state index is 13.3. The van der Waals surface area contributed by atoms with Gasteiger partial charge in [-0.1, -0.05) is 61.2 Å². The molecule has 1 N–H and O–H groups in total. The molecule has 0 aliphatic carbocycles. The molecule has 1 amide bonds. The number of aromatic nitrogens is 2. The van der Waals surface area contributed by atoms with Gasteiger partial charge in [-0.3, -0.25) is 4.79 Å². The highest BCUT2D eigenvalue weighted by molar-refractivity contribution is 8.00. The van der Waals surface area contributed by atoms with E-state index in [1.54, 1.807) is 12.1 Å². The van der Waals surface area contributed by atoms with Crippen molar-refractivity contribution < 1.29 is 9.18 Å². The SMILES string of the molecule is CCc1ccccc1NC(=O)CSc1nc2ccccc2nc1Cc1ccc(F)cc1. The number of aryl methyl sites for hydroxylation is 1. The van der Waals surface area contributed by atoms with Gasteiger partial charge in [-0.25, -0.2) is 14.4 Å². The number of carbonyl (C=O) groups excluding carboxylic acids is 1. The first kappa shape index (κ1) is 21.0. The highest BCUT2D eigenvalue weighted by atomic mass is 32.2. The molecular formula is C25H22FN3OS. The number of nitrogens with one attached hydrogen (secondary N) is 1. The number of fused-ring (bicyclic) bond motifs is 1. The van der Waals surface area contributed by atoms with Crippen LogP contribution in [0.1, 0.15) is 23.7 Å². The molecule has 0 unspecified atom stereocenters. The molecule has 0 fully saturated rings. The molecule has 4 aromatic rings. The van der Waals surface area contributed by atoms with Crippen molar-refractivity contribution in [1.29, 1.82) is 0 Å². The lowest BCUT2D eigenvalue weighted by atomic mass is 10.1. The van der Waals surface area contributed by atoms with Gasteiger partial charge >= 0.3 is 0 Å². The molecule has 4 nitrogen and oxygen atoms in total. The number of para-hydroxylation sites is 3. The van der Waals surface area contributed by atoms with Gasteiger partial charge in [0.15, 0.2) is 0 Å². The van der Waals surface area contributed by atoms with E-state index in [9.17, 15) is 9.18 Å². The minimum atomic E-state index is -0.271. The van der Waals surface area contributed by atoms with E-state index in [1.165, 1.54) is 23.9 Å². The summed E-state index contributed by atoms with van der Waals surface area (Å²) in [6, 6.07) is 21.8. The average Bonchev–Trinajstić information content (AvgIpc) is 2.79. The summed E-state index contributed by atoms with van der Waals surface area (Å²) in [5, 5.41) is 3.70. The van der Waals surface area contributed by atoms with Gasteiger partial charge in [0.2, 0.25) is 5.91 Å². The molecule has 31 heavy (non-hydrogen) atoms. The van der Waals surface area contributed by atoms with Crippen LogP contribution >= 0.6 is 11.8 Å². The molecule has 0 saturated carbocycles. The van der Waals surface area contributed by atoms with Crippen molar-refractivity contribution in [3.05, 3.63) is 95.4 Å². The molecule has 0 aliphatic rings. The third-order valence-electron chi connectivity index (χ3n) is 4.90. The van der Waals surface area contributed by atoms with Crippen LogP contribution in [0.15, 0.2) is 77.8 Å². The van der Waals surface area contributed by atoms with Crippen LogP contribution in [0.5, 0.6) is 0 Å². The Hall–Kier alpha value is -3.25. The summed E-state index contributed by atoms with van der Waals surface area (Å²) in [7, 11) is 0. The summed E-state index contributed by atoms with van der Waals surface area (Å²) in [6.45, 7) is 2.06. The van der Waals surface area contributed by atoms with Crippen molar-refractivity contribution in [3.8, 4) is 0 Å². The van der Waals surface area contributed by atoms with E-state index in [0.29, 0.717) is 11.4 Å². The first-order valence-electron chi connectivity index (χ1n) is 10.1. The number of thioether (sulfide) groups is 1. The van der Waals surface area contributed by atoms with Crippen LogP contribution in [0.25, 0.3) is 11.0 Å². The Kier molecular flexibility index (Phi) is 6.57. The van der Waals surface area contributed by atoms with Crippen molar-refractivity contribution in [2.75, 3.05) is 11.1 Å². The van der Waals surface area contributed by atoms with Crippen molar-refractivity contribution in [2.45, 2.75) is 24.8 Å². The fraction of sp³-hybridized carbons (Fsp3) is 0.160. The van der Waals surface area contributed by atoms with E-state index < -0.39 is 0 Å². The fourth-order valence-corrected chi connectivity index (χ4v) is 4.10. The number of nitrogens with zero attached hydrogens (tertiary/aromatic N) is 2. The number of rotatable bonds is 7. The number of benzene rings is 3. The Balaban J connectivity index is 1.55. The Labute approximate surface area is 184 Å². The number of hydrogen-bond acceptors (Lipinski definition) is 4. The normalized spacial score (nSPS) is 10.9. The first-order valence-corrected chi connectivity index (χ1v) is 11.1. The van der Waals surface area contributed by atoms with Crippen molar-refractivity contribution in [3.63, 3.8) is 0 Å². The van der Waals surface area contributed by atoms with E-state index in [4.69, 9.17) is 9.97 Å². The molecule has 4 rings (SSSR count). The Morgan fingerprint density at radius 3 is 2.35 bits per heavy atom. The van der Waals surface area contributed by atoms with Crippen LogP contribution in [0.4, 0.5) is 10.1 Å². The topological polar surface area (TPSA) is 54.9 Å². The molecule has 6 heteroatoms. The van der Waals surface area contributed by atoms with E-state index in [-0.39, 0.29) is 17.5 Å². The van der Waals surface area contributed by atoms with Gasteiger partial charge in [-0.15, -0.1) is 0 Å². The first-order chi connectivity index (χ1) is 15.1. The zero-order valence-corrected chi connectivity index (χ0v) is 18.0. The number of hydrogen-bond donors (Lipinski definition) is 1. The van der Waals surface area contributed by atoms with Crippen LogP contribution in [-0.4, -0.2) is 21.6 Å². The zero-order valence-electron chi connectivity index (χ0n) is 17.1. The number of amides is 1. The van der Waals surface area contributed by atoms with Crippen LogP contribution in [0.2, 0.25) is 0 Å². The van der Waals surface area contributed by atoms with Gasteiger partial charge in [0.25, 0.3) is 0 Å². The third kappa shape index (κ3) is 5.27. The second-order valence-corrected chi connectivity index (χ2v) is 8.08. The summed E-state index contributed by atoms with van der Waals surface area (Å²) in [4.78, 5) is 22.1. The van der Waals surface area contributed by atoms with Crippen molar-refractivity contribution in [2.24, 2.45) is 0 Å². The standard InChI is InChI=1S/C25H22FN3OS/c1-2-18-7-3-4-8-20(18)28-24(30)16-31-25-23(15-17-11-13-19(26)14-12-17)27-21-9-5-6-10-22(21)29-25/h3-14H,2,15-16H2,1H3,(H,28,30). The Morgan fingerprint density at radius 1 is 0.935 bits per heavy atom. The molecule has 0 spiro atoms. The largest absolute Gasteiger partial charge is 0.325 e. The summed E-state index contributed by atoms with van der Waals surface area (Å²) in [5.41, 5.74) is 5.23. The zero-order chi connectivity index (χ0) is 21.6. The van der Waals surface area contributed by atoms with Crippen LogP contribution in [0.3, 0.4) is 0 Å². The van der Waals surface area contributed by atoms with E-state index in [1.807, 2.05) is 48.5 Å². The molecule has 156 valence electrons. The summed E-state index contributed by atoms with van der Waals surface area (Å²) < 4.78 is 13.3. The van der Waals surface area contributed by atoms with Gasteiger partial charge in [0.05, 0.1) is 22.5 Å². The minimum Gasteiger partial charge on any atom is -0.325 e. The molecule has 3 aromatic carbocycles. The predicted octanol–water partition coefficient (Wildman–Crippen LogP) is 5.65. The second kappa shape index (κ2) is 9.71. The van der Waals surface area contributed by atoms with Gasteiger partial charge in [0, 0.05) is 12.1 Å². The van der Waals surface area contributed by atoms with Gasteiger partial charge in [0.1, 0.15) is 10.8 Å². The lowest BCUT2D eigenvalue weighted by Crippen LogP contribution is -2.15. The molecule has 0 saturated heterocycles. The van der Waals surface area contributed by atoms with Crippen LogP contribution in [0, 0.1) is 5.82 Å². The predicted molar refractivity (Wildman–Crippen MR) is 124 cm³/mol. The van der Waals surface area contributed by atoms with Crippen molar-refractivity contribution in [1.82, 2.24) is 9.97 Å². The molecule has 0 bridgehead atoms. The minimum absolute atomic E-state index is 0.0893. The maximum Gasteiger partial charge on any atom is 0.234 e. The molecule has 1 heterocycles. The molecule has 0 atom stereocenters. The lowest BCUT2D eigenvalue weighted by Gasteiger charge is -2.11. The van der Waals surface area contributed by atoms with Gasteiger partial charge < -0.3 is 5.32 Å². The Bertz CT molecular complexity index is 1210. The maximum absolute atomic E-state index is 13.3. The number of carbonyl (C=O) groups is 1. The Morgan fingerprint density at radius 2 is 1.61 bits per heavy atom. The molecule has 1 aromatic heterocycles. The average molecular weight is 432 g/mol. The van der Waals surface area contributed by atoms with E-state index in [0.717, 1.165) is 40.0 Å². The summed E-state index contributed by atoms with van der Waals surface area (Å²) in [5.74, 6) is -0.137. The molecule has 0 radical (unpaired) electrons. The second-order valence-electron chi connectivity index (χ2n) is 7.11. The summed E-state index contributed by atoms with van der Waals surface area (Å²) >= 11 is 1.37. The fourth-order valence-electron chi connectivity index (χ4n) is 3.32. The highest BCUT2D eigenvalue weighted by Crippen LogP contribution is 2.25. The molecule has 0 aliphatic heterocycles. The van der Waals surface area contributed by atoms with Crippen molar-refractivity contribution >= 4 is 34.4 Å². The quantitative estimate of drug-likeness (QED) is 0.384. The highest BCUT2D eigenvalue weighted by Gasteiger charge is 2.13. The lowest BCUT2D eigenvalue weighted by molar-refractivity contribution is -0.113. The van der Waals surface area contributed by atoms with Gasteiger partial charge in [-0.2, -0.15) is 0 Å². The number of anilines is 1. The van der Waals surface area contributed by atoms with Crippen LogP contribution < -0.4 is 5.32 Å². The monoisotopic (exact) mass is 431 g/mol. The summed E-state index contributed by atoms with van der Waals surface area (Å²) in [6.07, 6.45) is 1.36. The smallest absolute Gasteiger partial charge is 0.234 e. The van der Waals surface area contributed by atoms with E-state index in [2.05, 4.69) is 12.2 Å². The van der Waals surface area contributed by atoms with Crippen LogP contribution in [-0.2, 0) is 17.6 Å². The third-order valence-corrected chi connectivity index (χ3v) is 5.91.